The summed E-state index contributed by atoms with van der Waals surface area (Å²) < 4.78 is 44.4. The number of H-pyrrole nitrogens is 1. The average Bonchev–Trinajstić information content (AvgIpc) is 4.03. The van der Waals surface area contributed by atoms with Crippen molar-refractivity contribution in [2.45, 2.75) is 197 Å². The number of nitrogens with one attached hydrogen (secondary N) is 1. The molecule has 9 N–H and O–H groups in total. The van der Waals surface area contributed by atoms with Crippen molar-refractivity contribution in [2.24, 2.45) is 48.6 Å². The smallest absolute Gasteiger partial charge is 0.332 e. The van der Waals surface area contributed by atoms with E-state index < -0.39 is 90.9 Å². The van der Waals surface area contributed by atoms with E-state index in [2.05, 4.69) is 16.9 Å². The molecule has 4 aliphatic heterocycles. The van der Waals surface area contributed by atoms with Crippen LogP contribution in [0.1, 0.15) is 105 Å². The summed E-state index contributed by atoms with van der Waals surface area (Å²) in [5, 5.41) is 66.9. The van der Waals surface area contributed by atoms with Gasteiger partial charge in [0.05, 0.1) is 60.8 Å². The molecule has 0 bridgehead atoms. The van der Waals surface area contributed by atoms with Gasteiger partial charge in [0.25, 0.3) is 5.56 Å². The highest BCUT2D eigenvalue weighted by Gasteiger charge is 2.71. The number of aliphatic hydroxyl groups excluding tert-OH is 5. The van der Waals surface area contributed by atoms with E-state index in [1.807, 2.05) is 13.8 Å². The van der Waals surface area contributed by atoms with Crippen molar-refractivity contribution >= 4 is 17.1 Å². The van der Waals surface area contributed by atoms with Crippen molar-refractivity contribution in [1.82, 2.24) is 19.1 Å². The number of nitrogens with zero attached hydrogens (tertiary/aromatic N) is 3. The summed E-state index contributed by atoms with van der Waals surface area (Å²) in [4.78, 5) is 41.3. The van der Waals surface area contributed by atoms with Gasteiger partial charge in [-0.25, -0.2) is 14.6 Å². The Bertz CT molecular complexity index is 2290. The van der Waals surface area contributed by atoms with Crippen molar-refractivity contribution in [3.05, 3.63) is 38.8 Å². The first-order valence-corrected chi connectivity index (χ1v) is 24.7. The number of esters is 1. The van der Waals surface area contributed by atoms with Gasteiger partial charge in [-0.3, -0.25) is 13.9 Å². The molecule has 0 radical (unpaired) electrons. The lowest BCUT2D eigenvalue weighted by atomic mass is 9.42. The van der Waals surface area contributed by atoms with Crippen LogP contribution in [0.25, 0.3) is 11.2 Å². The Morgan fingerprint density at radius 1 is 0.739 bits per heavy atom. The van der Waals surface area contributed by atoms with E-state index in [4.69, 9.17) is 33.2 Å². The van der Waals surface area contributed by atoms with Crippen LogP contribution in [0, 0.1) is 34.5 Å². The monoisotopic (exact) mass is 979 g/mol. The van der Waals surface area contributed by atoms with E-state index in [1.165, 1.54) is 17.9 Å². The summed E-state index contributed by atoms with van der Waals surface area (Å²) in [6, 6.07) is 0. The lowest BCUT2D eigenvalue weighted by Gasteiger charge is -2.65. The fraction of sp³-hybridized carbons (Fsp3) is 0.833. The van der Waals surface area contributed by atoms with Crippen LogP contribution in [0.3, 0.4) is 0 Å². The van der Waals surface area contributed by atoms with Crippen molar-refractivity contribution in [3.8, 4) is 0 Å². The largest absolute Gasteiger partial charge is 0.458 e. The Morgan fingerprint density at radius 2 is 1.35 bits per heavy atom. The fourth-order valence-corrected chi connectivity index (χ4v) is 14.0. The van der Waals surface area contributed by atoms with Crippen molar-refractivity contribution in [3.63, 3.8) is 0 Å². The number of hydrogen-bond acceptors (Lipinski definition) is 17. The number of carbonyl (C=O) groups excluding carboxylic acids is 1. The first-order valence-electron chi connectivity index (χ1n) is 24.7. The van der Waals surface area contributed by atoms with Gasteiger partial charge in [0.2, 0.25) is 0 Å². The number of aromatic nitrogens is 4. The molecule has 4 aliphatic carbocycles. The zero-order chi connectivity index (χ0) is 48.8. The second-order valence-corrected chi connectivity index (χ2v) is 21.6. The number of cyclic esters (lactones) is 1. The van der Waals surface area contributed by atoms with Gasteiger partial charge in [-0.1, -0.05) is 13.8 Å². The Kier molecular flexibility index (Phi) is 14.9. The molecular weight excluding hydrogens is 905 g/mol. The lowest BCUT2D eigenvalue weighted by Crippen LogP contribution is -2.67. The van der Waals surface area contributed by atoms with Crippen LogP contribution in [0.2, 0.25) is 0 Å². The SMILES string of the molecule is C[C@H]1O[C@@H](O[C@H]2[C@@H](O)C[C@H](O[C@H]3[C@@H](O)C[C@H](O[C@H]4CC[C@@]5(C)[C@H](CC[C@@H]6[C@@H]5C[C@@H](O)[C@]5(C)[C@@H](C7=CC(=O)OC7)CC[C@]65O)C4)O[C@@H]3C)O[C@@H]2C)C[C@H](O)[C@@H]1O.Cn1c(=O)c2[nH]cnc2n(C)c1=O.O. The minimum atomic E-state index is -1.01. The number of carbonyl (C=O) groups is 1. The third-order valence-electron chi connectivity index (χ3n) is 18.0. The number of rotatable bonds is 7. The molecule has 0 aromatic carbocycles. The van der Waals surface area contributed by atoms with Crippen molar-refractivity contribution in [2.75, 3.05) is 6.61 Å². The maximum atomic E-state index is 12.6. The van der Waals surface area contributed by atoms with Gasteiger partial charge in [0, 0.05) is 44.8 Å². The summed E-state index contributed by atoms with van der Waals surface area (Å²) in [6.07, 6.45) is -0.118. The van der Waals surface area contributed by atoms with Crippen LogP contribution in [0.5, 0.6) is 0 Å². The normalized spacial score (nSPS) is 46.3. The Labute approximate surface area is 400 Å². The molecule has 388 valence electrons. The highest BCUT2D eigenvalue weighted by molar-refractivity contribution is 5.85. The zero-order valence-corrected chi connectivity index (χ0v) is 40.6. The molecule has 2 aromatic heterocycles. The van der Waals surface area contributed by atoms with E-state index in [0.717, 1.165) is 48.7 Å². The molecule has 2 aromatic rings. The standard InChI is InChI=1S/C41H64O14.C7H8N4O2.H2O/c1-19-36(47)28(42)15-34(50-19)54-38-21(3)52-35(17-30(38)44)55-37-20(2)51-33(16-29(37)43)53-24-8-10-39(4)23(13-24)6-7-26-27(39)14-31(45)40(5)25(9-11-41(26,40)48)22-12-32(46)49-18-22;1-10-5-4(8-3-9-5)6(12)11(2)7(10)13;/h12,19-21,23-31,33-38,42-45,47-48H,6-11,13-18H2,1-5H3;3H,1-2H3,(H,8,9);1H2/t19-,20-,21-,23-,24+,25-,26-,27+,28+,29+,30+,31-,33+,34+,35+,36-,37-,38-,39+,40+,41+;;/m1../s1. The third-order valence-corrected chi connectivity index (χ3v) is 18.0. The first-order chi connectivity index (χ1) is 32.1. The topological polar surface area (TPSA) is 307 Å². The van der Waals surface area contributed by atoms with Gasteiger partial charge in [0.15, 0.2) is 24.5 Å². The molecule has 4 saturated carbocycles. The number of aryl methyl sites for hydroxylation is 1. The molecule has 69 heavy (non-hydrogen) atoms. The molecule has 6 heterocycles. The molecule has 21 atom stereocenters. The van der Waals surface area contributed by atoms with Crippen LogP contribution in [0.4, 0.5) is 0 Å². The number of ether oxygens (including phenoxy) is 7. The molecule has 7 fully saturated rings. The summed E-state index contributed by atoms with van der Waals surface area (Å²) >= 11 is 0. The average molecular weight is 979 g/mol. The number of aliphatic hydroxyl groups is 6. The van der Waals surface area contributed by atoms with Crippen molar-refractivity contribution in [1.29, 1.82) is 0 Å². The maximum absolute atomic E-state index is 12.6. The molecule has 8 aliphatic rings. The lowest BCUT2D eigenvalue weighted by molar-refractivity contribution is -0.336. The van der Waals surface area contributed by atoms with Crippen LogP contribution in [0.15, 0.2) is 27.6 Å². The molecule has 3 saturated heterocycles. The fourth-order valence-electron chi connectivity index (χ4n) is 14.0. The van der Waals surface area contributed by atoms with Gasteiger partial charge >= 0.3 is 11.7 Å². The summed E-state index contributed by atoms with van der Waals surface area (Å²) in [6.45, 7) is 9.90. The van der Waals surface area contributed by atoms with Gasteiger partial charge in [0.1, 0.15) is 30.4 Å². The third kappa shape index (κ3) is 9.09. The van der Waals surface area contributed by atoms with E-state index >= 15 is 0 Å². The van der Waals surface area contributed by atoms with Crippen LogP contribution in [-0.4, -0.2) is 159 Å². The maximum Gasteiger partial charge on any atom is 0.332 e. The first kappa shape index (κ1) is 52.2. The number of hydrogen-bond donors (Lipinski definition) is 7. The van der Waals surface area contributed by atoms with Crippen LogP contribution < -0.4 is 11.2 Å². The number of imidazole rings is 1. The highest BCUT2D eigenvalue weighted by Crippen LogP contribution is 2.70. The van der Waals surface area contributed by atoms with Gasteiger partial charge in [-0.15, -0.1) is 0 Å². The Balaban J connectivity index is 0.000000395. The summed E-state index contributed by atoms with van der Waals surface area (Å²) in [5.41, 5.74) is -0.880. The molecule has 0 amide bonds. The second-order valence-electron chi connectivity index (χ2n) is 21.6. The quantitative estimate of drug-likeness (QED) is 0.145. The van der Waals surface area contributed by atoms with Crippen LogP contribution in [-0.2, 0) is 52.0 Å². The van der Waals surface area contributed by atoms with E-state index in [9.17, 15) is 45.0 Å². The predicted molar refractivity (Wildman–Crippen MR) is 243 cm³/mol. The van der Waals surface area contributed by atoms with Gasteiger partial charge in [-0.05, 0) is 107 Å². The molecule has 21 nitrogen and oxygen atoms in total. The summed E-state index contributed by atoms with van der Waals surface area (Å²) in [7, 11) is 3.01. The number of fused-ring (bicyclic) bond motifs is 6. The Hall–Kier alpha value is -3.16. The molecule has 0 unspecified atom stereocenters. The Morgan fingerprint density at radius 3 is 1.94 bits per heavy atom. The number of aromatic amines is 1. The van der Waals surface area contributed by atoms with E-state index in [-0.39, 0.29) is 77.8 Å². The predicted octanol–water partition coefficient (Wildman–Crippen LogP) is 0.354. The van der Waals surface area contributed by atoms with Crippen molar-refractivity contribution < 1.29 is 74.1 Å². The van der Waals surface area contributed by atoms with E-state index in [1.54, 1.807) is 27.0 Å². The molecular formula is C48H74N4O17. The van der Waals surface area contributed by atoms with E-state index in [0.29, 0.717) is 29.9 Å². The minimum absolute atomic E-state index is 0. The second kappa shape index (κ2) is 19.7. The van der Waals surface area contributed by atoms with Gasteiger partial charge in [-0.2, -0.15) is 0 Å². The zero-order valence-electron chi connectivity index (χ0n) is 40.6. The van der Waals surface area contributed by atoms with Gasteiger partial charge < -0.3 is 74.3 Å². The highest BCUT2D eigenvalue weighted by atomic mass is 16.7. The minimum Gasteiger partial charge on any atom is -0.458 e. The molecule has 0 spiro atoms. The molecule has 21 heteroatoms. The van der Waals surface area contributed by atoms with Crippen LogP contribution >= 0.6 is 0 Å². The summed E-state index contributed by atoms with van der Waals surface area (Å²) in [5.74, 6) is 0.204. The molecule has 10 rings (SSSR count).